The van der Waals surface area contributed by atoms with Crippen molar-refractivity contribution in [1.82, 2.24) is 14.8 Å². The van der Waals surface area contributed by atoms with Crippen molar-refractivity contribution in [2.75, 3.05) is 0 Å². The first kappa shape index (κ1) is 10.5. The van der Waals surface area contributed by atoms with Gasteiger partial charge in [0.25, 0.3) is 0 Å². The van der Waals surface area contributed by atoms with Gasteiger partial charge in [-0.3, -0.25) is 0 Å². The summed E-state index contributed by atoms with van der Waals surface area (Å²) in [7, 11) is 0. The second-order valence-corrected chi connectivity index (χ2v) is 3.84. The molecule has 0 aliphatic carbocycles. The van der Waals surface area contributed by atoms with E-state index < -0.39 is 0 Å². The molecule has 0 radical (unpaired) electrons. The largest absolute Gasteiger partial charge is 0.237 e. The lowest BCUT2D eigenvalue weighted by Crippen LogP contribution is -1.98. The van der Waals surface area contributed by atoms with Gasteiger partial charge >= 0.3 is 0 Å². The minimum Gasteiger partial charge on any atom is -0.237 e. The van der Waals surface area contributed by atoms with E-state index in [-0.39, 0.29) is 0 Å². The molecule has 15 heavy (non-hydrogen) atoms. The second-order valence-electron chi connectivity index (χ2n) is 3.16. The van der Waals surface area contributed by atoms with Crippen LogP contribution in [0.15, 0.2) is 24.5 Å². The van der Waals surface area contributed by atoms with Crippen LogP contribution < -0.4 is 0 Å². The third kappa shape index (κ3) is 2.13. The van der Waals surface area contributed by atoms with E-state index in [9.17, 15) is 0 Å². The van der Waals surface area contributed by atoms with Crippen LogP contribution in [0, 0.1) is 6.92 Å². The van der Waals surface area contributed by atoms with Gasteiger partial charge in [-0.25, -0.2) is 9.67 Å². The van der Waals surface area contributed by atoms with Crippen LogP contribution in [0.5, 0.6) is 0 Å². The molecule has 0 aliphatic heterocycles. The Morgan fingerprint density at radius 2 is 2.27 bits per heavy atom. The van der Waals surface area contributed by atoms with Crippen molar-refractivity contribution in [1.29, 1.82) is 0 Å². The molecule has 0 N–H and O–H groups in total. The zero-order valence-corrected chi connectivity index (χ0v) is 9.63. The number of hydrogen-bond donors (Lipinski definition) is 0. The quantitative estimate of drug-likeness (QED) is 0.758. The molecular formula is C10H9Cl2N3. The molecule has 0 unspecified atom stereocenters. The third-order valence-corrected chi connectivity index (χ3v) is 2.72. The first-order valence-electron chi connectivity index (χ1n) is 4.44. The first-order valence-corrected chi connectivity index (χ1v) is 5.35. The molecule has 0 amide bonds. The van der Waals surface area contributed by atoms with Crippen molar-refractivity contribution in [2.24, 2.45) is 0 Å². The molecule has 0 fully saturated rings. The Labute approximate surface area is 97.7 Å². The molecule has 2 heterocycles. The standard InChI is InChI=1S/C10H9Cl2N3/c1-7-9(12)6-15(14-7)10-4-8(5-11)2-3-13-10/h2-4,6H,5H2,1H3. The number of alkyl halides is 1. The number of halogens is 2. The van der Waals surface area contributed by atoms with E-state index in [1.807, 2.05) is 19.1 Å². The smallest absolute Gasteiger partial charge is 0.153 e. The second kappa shape index (κ2) is 4.21. The SMILES string of the molecule is Cc1nn(-c2cc(CCl)ccn2)cc1Cl. The maximum atomic E-state index is 5.92. The van der Waals surface area contributed by atoms with Crippen LogP contribution in [-0.4, -0.2) is 14.8 Å². The van der Waals surface area contributed by atoms with Crippen LogP contribution >= 0.6 is 23.2 Å². The van der Waals surface area contributed by atoms with E-state index in [1.165, 1.54) is 0 Å². The van der Waals surface area contributed by atoms with Gasteiger partial charge in [-0.15, -0.1) is 11.6 Å². The van der Waals surface area contributed by atoms with E-state index in [0.717, 1.165) is 17.1 Å². The minimum atomic E-state index is 0.462. The number of rotatable bonds is 2. The van der Waals surface area contributed by atoms with E-state index >= 15 is 0 Å². The summed E-state index contributed by atoms with van der Waals surface area (Å²) in [6, 6.07) is 3.75. The minimum absolute atomic E-state index is 0.462. The maximum Gasteiger partial charge on any atom is 0.153 e. The topological polar surface area (TPSA) is 30.7 Å². The predicted molar refractivity (Wildman–Crippen MR) is 60.7 cm³/mol. The molecule has 5 heteroatoms. The summed E-state index contributed by atoms with van der Waals surface area (Å²) >= 11 is 11.7. The highest BCUT2D eigenvalue weighted by atomic mass is 35.5. The normalized spacial score (nSPS) is 10.6. The molecule has 0 saturated carbocycles. The van der Waals surface area contributed by atoms with Crippen LogP contribution in [0.2, 0.25) is 5.02 Å². The number of aromatic nitrogens is 3. The highest BCUT2D eigenvalue weighted by molar-refractivity contribution is 6.31. The van der Waals surface area contributed by atoms with E-state index in [1.54, 1.807) is 17.1 Å². The molecule has 78 valence electrons. The van der Waals surface area contributed by atoms with Crippen LogP contribution in [-0.2, 0) is 5.88 Å². The molecule has 0 bridgehead atoms. The molecule has 0 spiro atoms. The highest BCUT2D eigenvalue weighted by Gasteiger charge is 2.05. The van der Waals surface area contributed by atoms with Gasteiger partial charge in [0.1, 0.15) is 0 Å². The Kier molecular flexibility index (Phi) is 2.93. The molecule has 2 aromatic heterocycles. The Balaban J connectivity index is 2.44. The number of aryl methyl sites for hydroxylation is 1. The molecule has 0 aromatic carbocycles. The molecule has 0 atom stereocenters. The van der Waals surface area contributed by atoms with Gasteiger partial charge in [-0.05, 0) is 24.6 Å². The summed E-state index contributed by atoms with van der Waals surface area (Å²) in [4.78, 5) is 4.20. The molecule has 2 rings (SSSR count). The monoisotopic (exact) mass is 241 g/mol. The number of nitrogens with zero attached hydrogens (tertiary/aromatic N) is 3. The summed E-state index contributed by atoms with van der Waals surface area (Å²) in [6.45, 7) is 1.85. The Bertz CT molecular complexity index is 460. The maximum absolute atomic E-state index is 5.92. The summed E-state index contributed by atoms with van der Waals surface area (Å²) in [5.41, 5.74) is 1.79. The van der Waals surface area contributed by atoms with Crippen molar-refractivity contribution in [3.63, 3.8) is 0 Å². The van der Waals surface area contributed by atoms with E-state index in [0.29, 0.717) is 10.9 Å². The summed E-state index contributed by atoms with van der Waals surface area (Å²) < 4.78 is 1.65. The lowest BCUT2D eigenvalue weighted by atomic mass is 10.3. The van der Waals surface area contributed by atoms with Gasteiger partial charge in [0.2, 0.25) is 0 Å². The molecular weight excluding hydrogens is 233 g/mol. The van der Waals surface area contributed by atoms with Crippen molar-refractivity contribution >= 4 is 23.2 Å². The zero-order chi connectivity index (χ0) is 10.8. The van der Waals surface area contributed by atoms with E-state index in [4.69, 9.17) is 23.2 Å². The van der Waals surface area contributed by atoms with Crippen LogP contribution in [0.1, 0.15) is 11.3 Å². The van der Waals surface area contributed by atoms with Crippen LogP contribution in [0.4, 0.5) is 0 Å². The Morgan fingerprint density at radius 3 is 2.87 bits per heavy atom. The van der Waals surface area contributed by atoms with Crippen molar-refractivity contribution in [3.05, 3.63) is 40.8 Å². The lowest BCUT2D eigenvalue weighted by Gasteiger charge is -2.01. The fraction of sp³-hybridized carbons (Fsp3) is 0.200. The van der Waals surface area contributed by atoms with Gasteiger partial charge in [-0.1, -0.05) is 11.6 Å². The summed E-state index contributed by atoms with van der Waals surface area (Å²) in [6.07, 6.45) is 3.44. The molecule has 0 aliphatic rings. The van der Waals surface area contributed by atoms with Crippen molar-refractivity contribution < 1.29 is 0 Å². The Morgan fingerprint density at radius 1 is 1.47 bits per heavy atom. The zero-order valence-electron chi connectivity index (χ0n) is 8.11. The van der Waals surface area contributed by atoms with E-state index in [2.05, 4.69) is 10.1 Å². The average Bonchev–Trinajstić information content (AvgIpc) is 2.59. The van der Waals surface area contributed by atoms with Crippen molar-refractivity contribution in [2.45, 2.75) is 12.8 Å². The highest BCUT2D eigenvalue weighted by Crippen LogP contribution is 2.16. The van der Waals surface area contributed by atoms with Gasteiger partial charge < -0.3 is 0 Å². The molecule has 3 nitrogen and oxygen atoms in total. The molecule has 2 aromatic rings. The lowest BCUT2D eigenvalue weighted by molar-refractivity contribution is 0.830. The predicted octanol–water partition coefficient (Wildman–Crippen LogP) is 2.97. The van der Waals surface area contributed by atoms with Gasteiger partial charge in [-0.2, -0.15) is 5.10 Å². The number of hydrogen-bond acceptors (Lipinski definition) is 2. The third-order valence-electron chi connectivity index (χ3n) is 2.04. The first-order chi connectivity index (χ1) is 7.20. The summed E-state index contributed by atoms with van der Waals surface area (Å²) in [5, 5.41) is 4.87. The van der Waals surface area contributed by atoms with Gasteiger partial charge in [0.05, 0.1) is 16.9 Å². The molecule has 0 saturated heterocycles. The summed E-state index contributed by atoms with van der Waals surface area (Å²) in [5.74, 6) is 1.19. The Hall–Kier alpha value is -1.06. The fourth-order valence-corrected chi connectivity index (χ4v) is 1.52. The van der Waals surface area contributed by atoms with Crippen molar-refractivity contribution in [3.8, 4) is 5.82 Å². The van der Waals surface area contributed by atoms with Gasteiger partial charge in [0, 0.05) is 12.1 Å². The fourth-order valence-electron chi connectivity index (χ4n) is 1.23. The van der Waals surface area contributed by atoms with Gasteiger partial charge in [0.15, 0.2) is 5.82 Å². The van der Waals surface area contributed by atoms with Crippen LogP contribution in [0.3, 0.4) is 0 Å². The average molecular weight is 242 g/mol. The number of pyridine rings is 1. The van der Waals surface area contributed by atoms with Crippen LogP contribution in [0.25, 0.3) is 5.82 Å².